The molecule has 6 nitrogen and oxygen atoms in total. The number of hydrogen-bond donors (Lipinski definition) is 1. The second-order valence-corrected chi connectivity index (χ2v) is 7.30. The van der Waals surface area contributed by atoms with E-state index in [4.69, 9.17) is 16.4 Å². The number of nitrogens with zero attached hydrogens (tertiary/aromatic N) is 1. The molecular weight excluding hydrogens is 352 g/mol. The molecule has 0 fully saturated rings. The molecule has 0 heterocycles. The smallest absolute Gasteiger partial charge is 0.265 e. The van der Waals surface area contributed by atoms with Crippen molar-refractivity contribution in [3.05, 3.63) is 59.1 Å². The van der Waals surface area contributed by atoms with Crippen LogP contribution in [0.1, 0.15) is 5.56 Å². The monoisotopic (exact) mass is 366 g/mol. The van der Waals surface area contributed by atoms with Gasteiger partial charge in [0, 0.05) is 11.3 Å². The molecule has 0 aliphatic carbocycles. The van der Waals surface area contributed by atoms with Crippen molar-refractivity contribution < 1.29 is 18.0 Å². The van der Waals surface area contributed by atoms with Crippen LogP contribution in [-0.4, -0.2) is 33.4 Å². The Morgan fingerprint density at radius 2 is 1.88 bits per heavy atom. The van der Waals surface area contributed by atoms with E-state index in [9.17, 15) is 13.2 Å². The summed E-state index contributed by atoms with van der Waals surface area (Å²) in [6.45, 7) is -0.345. The van der Waals surface area contributed by atoms with Crippen LogP contribution in [0.25, 0.3) is 0 Å². The van der Waals surface area contributed by atoms with E-state index in [0.29, 0.717) is 5.02 Å². The molecule has 0 saturated carbocycles. The molecule has 0 bridgehead atoms. The van der Waals surface area contributed by atoms with Gasteiger partial charge in [-0.3, -0.25) is 4.79 Å². The van der Waals surface area contributed by atoms with Gasteiger partial charge in [0.15, 0.2) is 16.4 Å². The first-order chi connectivity index (χ1) is 11.4. The van der Waals surface area contributed by atoms with Gasteiger partial charge in [-0.2, -0.15) is 0 Å². The minimum Gasteiger partial charge on any atom is -0.386 e. The zero-order valence-electron chi connectivity index (χ0n) is 12.8. The van der Waals surface area contributed by atoms with Crippen LogP contribution in [0.4, 0.5) is 5.69 Å². The highest BCUT2D eigenvalue weighted by atomic mass is 35.5. The third kappa shape index (κ3) is 5.36. The number of hydrogen-bond acceptors (Lipinski definition) is 5. The minimum atomic E-state index is -3.44. The molecule has 0 aromatic heterocycles. The van der Waals surface area contributed by atoms with Gasteiger partial charge in [-0.25, -0.2) is 8.42 Å². The molecule has 0 atom stereocenters. The lowest BCUT2D eigenvalue weighted by molar-refractivity contribution is -0.120. The van der Waals surface area contributed by atoms with Crippen molar-refractivity contribution in [2.24, 2.45) is 5.16 Å². The van der Waals surface area contributed by atoms with Gasteiger partial charge < -0.3 is 10.2 Å². The van der Waals surface area contributed by atoms with E-state index < -0.39 is 15.7 Å². The maximum absolute atomic E-state index is 11.8. The zero-order chi connectivity index (χ0) is 17.6. The summed E-state index contributed by atoms with van der Waals surface area (Å²) in [6, 6.07) is 13.0. The lowest BCUT2D eigenvalue weighted by Gasteiger charge is -2.08. The normalized spacial score (nSPS) is 11.4. The highest BCUT2D eigenvalue weighted by molar-refractivity contribution is 7.90. The van der Waals surface area contributed by atoms with Crippen molar-refractivity contribution in [1.29, 1.82) is 0 Å². The summed E-state index contributed by atoms with van der Waals surface area (Å²) in [5.74, 6) is -0.514. The molecule has 0 unspecified atom stereocenters. The first-order valence-electron chi connectivity index (χ1n) is 6.86. The van der Waals surface area contributed by atoms with E-state index in [0.717, 1.165) is 11.8 Å². The van der Waals surface area contributed by atoms with E-state index in [1.807, 2.05) is 0 Å². The number of anilines is 1. The van der Waals surface area contributed by atoms with Crippen LogP contribution >= 0.6 is 11.6 Å². The molecule has 0 saturated heterocycles. The molecule has 0 radical (unpaired) electrons. The Bertz CT molecular complexity index is 849. The van der Waals surface area contributed by atoms with Crippen molar-refractivity contribution in [1.82, 2.24) is 0 Å². The van der Waals surface area contributed by atoms with Crippen LogP contribution in [0.3, 0.4) is 0 Å². The Balaban J connectivity index is 1.91. The number of benzene rings is 2. The summed E-state index contributed by atoms with van der Waals surface area (Å²) < 4.78 is 23.3. The number of oxime groups is 1. The zero-order valence-corrected chi connectivity index (χ0v) is 14.3. The Labute approximate surface area is 145 Å². The maximum Gasteiger partial charge on any atom is 0.265 e. The predicted molar refractivity (Wildman–Crippen MR) is 93.2 cm³/mol. The van der Waals surface area contributed by atoms with Crippen LogP contribution < -0.4 is 5.32 Å². The second-order valence-electron chi connectivity index (χ2n) is 4.88. The number of carbonyl (C=O) groups is 1. The van der Waals surface area contributed by atoms with Crippen LogP contribution in [0.2, 0.25) is 5.02 Å². The average Bonchev–Trinajstić information content (AvgIpc) is 2.53. The standard InChI is InChI=1S/C16H15ClN2O4S/c1-24(21,22)15-5-3-2-4-14(15)19-16(20)11-23-18-10-12-6-8-13(17)9-7-12/h2-10H,11H2,1H3,(H,19,20)/b18-10-. The third-order valence-electron chi connectivity index (χ3n) is 2.90. The average molecular weight is 367 g/mol. The summed E-state index contributed by atoms with van der Waals surface area (Å²) in [4.78, 5) is 16.8. The van der Waals surface area contributed by atoms with Gasteiger partial charge >= 0.3 is 0 Å². The number of halogens is 1. The first kappa shape index (κ1) is 18.0. The molecular formula is C16H15ClN2O4S. The number of carbonyl (C=O) groups excluding carboxylic acids is 1. The van der Waals surface area contributed by atoms with E-state index in [1.165, 1.54) is 18.3 Å². The van der Waals surface area contributed by atoms with Crippen molar-refractivity contribution in [2.45, 2.75) is 4.90 Å². The molecule has 126 valence electrons. The highest BCUT2D eigenvalue weighted by Gasteiger charge is 2.14. The molecule has 0 aliphatic heterocycles. The van der Waals surface area contributed by atoms with E-state index in [-0.39, 0.29) is 17.2 Å². The first-order valence-corrected chi connectivity index (χ1v) is 9.13. The van der Waals surface area contributed by atoms with Crippen LogP contribution in [0.15, 0.2) is 58.6 Å². The van der Waals surface area contributed by atoms with Crippen LogP contribution in [0, 0.1) is 0 Å². The van der Waals surface area contributed by atoms with Gasteiger partial charge in [0.25, 0.3) is 5.91 Å². The quantitative estimate of drug-likeness (QED) is 0.629. The molecule has 2 rings (SSSR count). The minimum absolute atomic E-state index is 0.0445. The lowest BCUT2D eigenvalue weighted by Crippen LogP contribution is -2.18. The Morgan fingerprint density at radius 3 is 2.54 bits per heavy atom. The van der Waals surface area contributed by atoms with Crippen molar-refractivity contribution >= 4 is 39.2 Å². The highest BCUT2D eigenvalue weighted by Crippen LogP contribution is 2.20. The van der Waals surface area contributed by atoms with Gasteiger partial charge in [-0.05, 0) is 29.8 Å². The summed E-state index contributed by atoms with van der Waals surface area (Å²) in [7, 11) is -3.44. The maximum atomic E-state index is 11.8. The number of nitrogens with one attached hydrogen (secondary N) is 1. The van der Waals surface area contributed by atoms with Gasteiger partial charge in [0.05, 0.1) is 16.8 Å². The fourth-order valence-corrected chi connectivity index (χ4v) is 2.79. The third-order valence-corrected chi connectivity index (χ3v) is 4.31. The summed E-state index contributed by atoms with van der Waals surface area (Å²) in [6.07, 6.45) is 2.51. The number of para-hydroxylation sites is 1. The summed E-state index contributed by atoms with van der Waals surface area (Å²) in [5, 5.41) is 6.77. The molecule has 0 spiro atoms. The van der Waals surface area contributed by atoms with Crippen molar-refractivity contribution in [3.8, 4) is 0 Å². The SMILES string of the molecule is CS(=O)(=O)c1ccccc1NC(=O)CO/N=C\c1ccc(Cl)cc1. The van der Waals surface area contributed by atoms with Crippen LogP contribution in [-0.2, 0) is 19.5 Å². The van der Waals surface area contributed by atoms with Crippen LogP contribution in [0.5, 0.6) is 0 Å². The van der Waals surface area contributed by atoms with Gasteiger partial charge in [0.1, 0.15) is 0 Å². The summed E-state index contributed by atoms with van der Waals surface area (Å²) >= 11 is 5.76. The van der Waals surface area contributed by atoms with Gasteiger partial charge in [-0.1, -0.05) is 41.0 Å². The lowest BCUT2D eigenvalue weighted by atomic mass is 10.2. The second kappa shape index (κ2) is 7.94. The molecule has 1 N–H and O–H groups in total. The summed E-state index contributed by atoms with van der Waals surface area (Å²) in [5.41, 5.74) is 0.970. The topological polar surface area (TPSA) is 84.8 Å². The largest absolute Gasteiger partial charge is 0.386 e. The Kier molecular flexibility index (Phi) is 5.94. The number of rotatable bonds is 6. The van der Waals surface area contributed by atoms with E-state index >= 15 is 0 Å². The van der Waals surface area contributed by atoms with Gasteiger partial charge in [0.2, 0.25) is 0 Å². The van der Waals surface area contributed by atoms with E-state index in [2.05, 4.69) is 10.5 Å². The number of amides is 1. The fraction of sp³-hybridized carbons (Fsp3) is 0.125. The molecule has 2 aromatic carbocycles. The molecule has 2 aromatic rings. The molecule has 24 heavy (non-hydrogen) atoms. The van der Waals surface area contributed by atoms with Gasteiger partial charge in [-0.15, -0.1) is 0 Å². The Morgan fingerprint density at radius 1 is 1.21 bits per heavy atom. The van der Waals surface area contributed by atoms with E-state index in [1.54, 1.807) is 36.4 Å². The predicted octanol–water partition coefficient (Wildman–Crippen LogP) is 2.73. The Hall–Kier alpha value is -2.38. The molecule has 1 amide bonds. The van der Waals surface area contributed by atoms with Crippen molar-refractivity contribution in [3.63, 3.8) is 0 Å². The number of sulfone groups is 1. The fourth-order valence-electron chi connectivity index (χ4n) is 1.82. The van der Waals surface area contributed by atoms with Crippen molar-refractivity contribution in [2.75, 3.05) is 18.2 Å². The molecule has 8 heteroatoms. The molecule has 0 aliphatic rings.